The van der Waals surface area contributed by atoms with Crippen molar-refractivity contribution in [3.63, 3.8) is 0 Å². The van der Waals surface area contributed by atoms with Gasteiger partial charge in [-0.1, -0.05) is 12.1 Å². The molecule has 0 saturated heterocycles. The van der Waals surface area contributed by atoms with Crippen molar-refractivity contribution in [1.29, 1.82) is 0 Å². The van der Waals surface area contributed by atoms with Crippen molar-refractivity contribution in [2.75, 3.05) is 6.26 Å². The van der Waals surface area contributed by atoms with Crippen LogP contribution in [0.4, 0.5) is 0 Å². The summed E-state index contributed by atoms with van der Waals surface area (Å²) < 4.78 is 24.1. The Kier molecular flexibility index (Phi) is 4.45. The average molecular weight is 360 g/mol. The predicted octanol–water partition coefficient (Wildman–Crippen LogP) is 3.16. The Hall–Kier alpha value is -0.690. The number of rotatable bonds is 4. The first-order valence-electron chi connectivity index (χ1n) is 5.65. The number of hydrogen-bond donors (Lipinski definition) is 1. The number of thiophene rings is 1. The van der Waals surface area contributed by atoms with Crippen LogP contribution in [0.2, 0.25) is 0 Å². The second-order valence-corrected chi connectivity index (χ2v) is 8.31. The SMILES string of the molecule is CS(=O)(=O)c1cccc(C(N)Cc2cc(Br)cs2)c1. The Morgan fingerprint density at radius 3 is 2.68 bits per heavy atom. The fraction of sp³-hybridized carbons (Fsp3) is 0.231. The summed E-state index contributed by atoms with van der Waals surface area (Å²) in [5, 5.41) is 2.01. The van der Waals surface area contributed by atoms with Gasteiger partial charge in [0.25, 0.3) is 0 Å². The zero-order chi connectivity index (χ0) is 14.0. The molecule has 0 amide bonds. The van der Waals surface area contributed by atoms with E-state index < -0.39 is 9.84 Å². The summed E-state index contributed by atoms with van der Waals surface area (Å²) in [6.07, 6.45) is 1.90. The lowest BCUT2D eigenvalue weighted by Gasteiger charge is -2.12. The van der Waals surface area contributed by atoms with Crippen molar-refractivity contribution in [2.45, 2.75) is 17.4 Å². The van der Waals surface area contributed by atoms with Gasteiger partial charge in [0, 0.05) is 33.4 Å². The molecule has 1 heterocycles. The lowest BCUT2D eigenvalue weighted by molar-refractivity contribution is 0.601. The molecule has 2 N–H and O–H groups in total. The second kappa shape index (κ2) is 5.75. The highest BCUT2D eigenvalue weighted by molar-refractivity contribution is 9.10. The monoisotopic (exact) mass is 359 g/mol. The van der Waals surface area contributed by atoms with Crippen LogP contribution in [0.25, 0.3) is 0 Å². The van der Waals surface area contributed by atoms with Crippen LogP contribution in [0.1, 0.15) is 16.5 Å². The van der Waals surface area contributed by atoms with Crippen molar-refractivity contribution in [1.82, 2.24) is 0 Å². The van der Waals surface area contributed by atoms with E-state index >= 15 is 0 Å². The maximum Gasteiger partial charge on any atom is 0.175 e. The van der Waals surface area contributed by atoms with Crippen molar-refractivity contribution in [3.05, 3.63) is 50.6 Å². The van der Waals surface area contributed by atoms with Crippen LogP contribution in [0.5, 0.6) is 0 Å². The lowest BCUT2D eigenvalue weighted by Crippen LogP contribution is -2.13. The Bertz CT molecular complexity index is 679. The Labute approximate surface area is 125 Å². The highest BCUT2D eigenvalue weighted by Crippen LogP contribution is 2.25. The van der Waals surface area contributed by atoms with Gasteiger partial charge in [0.15, 0.2) is 9.84 Å². The lowest BCUT2D eigenvalue weighted by atomic mass is 10.0. The summed E-state index contributed by atoms with van der Waals surface area (Å²) in [6.45, 7) is 0. The van der Waals surface area contributed by atoms with Gasteiger partial charge in [-0.05, 0) is 39.7 Å². The summed E-state index contributed by atoms with van der Waals surface area (Å²) in [7, 11) is -3.19. The standard InChI is InChI=1S/C13H14BrNO2S2/c1-19(16,17)12-4-2-3-9(5-12)13(15)7-11-6-10(14)8-18-11/h2-6,8,13H,7,15H2,1H3. The van der Waals surface area contributed by atoms with Crippen LogP contribution in [0.3, 0.4) is 0 Å². The van der Waals surface area contributed by atoms with Gasteiger partial charge in [0.1, 0.15) is 0 Å². The van der Waals surface area contributed by atoms with E-state index in [2.05, 4.69) is 15.9 Å². The van der Waals surface area contributed by atoms with Crippen molar-refractivity contribution in [3.8, 4) is 0 Å². The molecule has 2 aromatic rings. The van der Waals surface area contributed by atoms with E-state index in [9.17, 15) is 8.42 Å². The van der Waals surface area contributed by atoms with Crippen molar-refractivity contribution < 1.29 is 8.42 Å². The molecule has 0 bridgehead atoms. The third kappa shape index (κ3) is 3.89. The molecule has 0 aliphatic carbocycles. The quantitative estimate of drug-likeness (QED) is 0.911. The average Bonchev–Trinajstić information content (AvgIpc) is 2.74. The molecule has 1 atom stereocenters. The Morgan fingerprint density at radius 2 is 2.11 bits per heavy atom. The summed E-state index contributed by atoms with van der Waals surface area (Å²) >= 11 is 5.04. The third-order valence-corrected chi connectivity index (χ3v) is 5.59. The van der Waals surface area contributed by atoms with Crippen LogP contribution in [0.15, 0.2) is 45.1 Å². The van der Waals surface area contributed by atoms with Gasteiger partial charge in [-0.25, -0.2) is 8.42 Å². The molecular formula is C13H14BrNO2S2. The van der Waals surface area contributed by atoms with E-state index in [1.54, 1.807) is 29.5 Å². The zero-order valence-electron chi connectivity index (χ0n) is 10.3. The molecule has 3 nitrogen and oxygen atoms in total. The van der Waals surface area contributed by atoms with E-state index in [1.165, 1.54) is 11.1 Å². The van der Waals surface area contributed by atoms with Gasteiger partial charge in [0.2, 0.25) is 0 Å². The molecular weight excluding hydrogens is 346 g/mol. The number of sulfone groups is 1. The van der Waals surface area contributed by atoms with Gasteiger partial charge < -0.3 is 5.73 Å². The highest BCUT2D eigenvalue weighted by atomic mass is 79.9. The van der Waals surface area contributed by atoms with Crippen LogP contribution in [-0.2, 0) is 16.3 Å². The molecule has 19 heavy (non-hydrogen) atoms. The number of benzene rings is 1. The molecule has 0 saturated carbocycles. The molecule has 0 radical (unpaired) electrons. The van der Waals surface area contributed by atoms with Gasteiger partial charge in [-0.15, -0.1) is 11.3 Å². The summed E-state index contributed by atoms with van der Waals surface area (Å²) in [6, 6.07) is 8.67. The summed E-state index contributed by atoms with van der Waals surface area (Å²) in [5.41, 5.74) is 6.99. The van der Waals surface area contributed by atoms with Gasteiger partial charge >= 0.3 is 0 Å². The Balaban J connectivity index is 2.22. The normalized spacial score (nSPS) is 13.4. The number of hydrogen-bond acceptors (Lipinski definition) is 4. The van der Waals surface area contributed by atoms with Crippen LogP contribution >= 0.6 is 27.3 Å². The smallest absolute Gasteiger partial charge is 0.175 e. The van der Waals surface area contributed by atoms with Gasteiger partial charge in [0.05, 0.1) is 4.90 Å². The van der Waals surface area contributed by atoms with E-state index in [1.807, 2.05) is 17.5 Å². The molecule has 0 aliphatic heterocycles. The maximum atomic E-state index is 11.5. The second-order valence-electron chi connectivity index (χ2n) is 4.39. The van der Waals surface area contributed by atoms with Crippen LogP contribution in [0, 0.1) is 0 Å². The molecule has 0 fully saturated rings. The molecule has 1 aromatic carbocycles. The topological polar surface area (TPSA) is 60.2 Å². The fourth-order valence-corrected chi connectivity index (χ4v) is 3.96. The molecule has 2 rings (SSSR count). The molecule has 1 unspecified atom stereocenters. The summed E-state index contributed by atoms with van der Waals surface area (Å²) in [4.78, 5) is 1.48. The maximum absolute atomic E-state index is 11.5. The van der Waals surface area contributed by atoms with Gasteiger partial charge in [-0.2, -0.15) is 0 Å². The van der Waals surface area contributed by atoms with Gasteiger partial charge in [-0.3, -0.25) is 0 Å². The molecule has 0 aliphatic rings. The molecule has 102 valence electrons. The van der Waals surface area contributed by atoms with E-state index in [0.717, 1.165) is 10.0 Å². The van der Waals surface area contributed by atoms with E-state index in [0.29, 0.717) is 11.3 Å². The number of halogens is 1. The fourth-order valence-electron chi connectivity index (χ4n) is 1.77. The van der Waals surface area contributed by atoms with E-state index in [-0.39, 0.29) is 6.04 Å². The largest absolute Gasteiger partial charge is 0.324 e. The van der Waals surface area contributed by atoms with Crippen molar-refractivity contribution in [2.24, 2.45) is 5.73 Å². The first-order chi connectivity index (χ1) is 8.86. The molecule has 6 heteroatoms. The first-order valence-corrected chi connectivity index (χ1v) is 9.21. The van der Waals surface area contributed by atoms with Crippen LogP contribution in [-0.4, -0.2) is 14.7 Å². The first kappa shape index (κ1) is 14.7. The zero-order valence-corrected chi connectivity index (χ0v) is 13.6. The third-order valence-electron chi connectivity index (χ3n) is 2.76. The number of nitrogens with two attached hydrogens (primary N) is 1. The Morgan fingerprint density at radius 1 is 1.37 bits per heavy atom. The molecule has 1 aromatic heterocycles. The minimum absolute atomic E-state index is 0.202. The highest BCUT2D eigenvalue weighted by Gasteiger charge is 2.12. The minimum atomic E-state index is -3.19. The van der Waals surface area contributed by atoms with E-state index in [4.69, 9.17) is 5.73 Å². The van der Waals surface area contributed by atoms with Crippen molar-refractivity contribution >= 4 is 37.1 Å². The van der Waals surface area contributed by atoms with Crippen LogP contribution < -0.4 is 5.73 Å². The minimum Gasteiger partial charge on any atom is -0.324 e. The summed E-state index contributed by atoms with van der Waals surface area (Å²) in [5.74, 6) is 0. The predicted molar refractivity (Wildman–Crippen MR) is 82.2 cm³/mol. The molecule has 0 spiro atoms.